The van der Waals surface area contributed by atoms with Crippen molar-refractivity contribution in [2.75, 3.05) is 26.2 Å². The maximum Gasteiger partial charge on any atom is 0.239 e. The third kappa shape index (κ3) is 4.33. The van der Waals surface area contributed by atoms with Crippen molar-refractivity contribution in [3.05, 3.63) is 29.0 Å². The lowest BCUT2D eigenvalue weighted by Gasteiger charge is -2.40. The molecule has 4 rings (SSSR count). The molecule has 2 aliphatic rings. The number of nitrogens with one attached hydrogen (secondary N) is 1. The highest BCUT2D eigenvalue weighted by Crippen LogP contribution is 2.24. The second kappa shape index (κ2) is 8.84. The smallest absolute Gasteiger partial charge is 0.239 e. The molecule has 158 valence electrons. The van der Waals surface area contributed by atoms with Gasteiger partial charge in [-0.25, -0.2) is 0 Å². The van der Waals surface area contributed by atoms with Crippen molar-refractivity contribution >= 4 is 16.8 Å². The molecule has 0 aliphatic carbocycles. The molecule has 2 aromatic rings. The number of nitrogens with two attached hydrogens (primary N) is 1. The minimum Gasteiger partial charge on any atom is -0.341 e. The van der Waals surface area contributed by atoms with E-state index in [1.54, 1.807) is 0 Å². The Bertz CT molecular complexity index is 846. The van der Waals surface area contributed by atoms with Crippen LogP contribution in [0.3, 0.4) is 0 Å². The highest BCUT2D eigenvalue weighted by atomic mass is 16.2. The summed E-state index contributed by atoms with van der Waals surface area (Å²) in [7, 11) is 0. The number of benzene rings is 1. The minimum absolute atomic E-state index is 0.101. The van der Waals surface area contributed by atoms with E-state index in [1.165, 1.54) is 37.9 Å². The molecule has 3 N–H and O–H groups in total. The summed E-state index contributed by atoms with van der Waals surface area (Å²) < 4.78 is 0. The predicted octanol–water partition coefficient (Wildman–Crippen LogP) is 2.78. The molecule has 1 aromatic heterocycles. The second-order valence-corrected chi connectivity index (χ2v) is 8.82. The van der Waals surface area contributed by atoms with Crippen molar-refractivity contribution in [3.8, 4) is 0 Å². The molecule has 6 nitrogen and oxygen atoms in total. The fraction of sp³-hybridized carbons (Fsp3) is 0.652. The van der Waals surface area contributed by atoms with Gasteiger partial charge in [-0.3, -0.25) is 9.89 Å². The number of fused-ring (bicyclic) bond motifs is 1. The van der Waals surface area contributed by atoms with Gasteiger partial charge in [-0.15, -0.1) is 0 Å². The Labute approximate surface area is 173 Å². The number of carbonyl (C=O) groups is 1. The van der Waals surface area contributed by atoms with Crippen molar-refractivity contribution in [1.82, 2.24) is 20.0 Å². The zero-order chi connectivity index (χ0) is 20.4. The van der Waals surface area contributed by atoms with Gasteiger partial charge in [0, 0.05) is 30.2 Å². The van der Waals surface area contributed by atoms with Crippen LogP contribution in [0.25, 0.3) is 10.9 Å². The lowest BCUT2D eigenvalue weighted by molar-refractivity contribution is -0.134. The fourth-order valence-electron chi connectivity index (χ4n) is 5.08. The zero-order valence-electron chi connectivity index (χ0n) is 17.9. The number of rotatable bonds is 5. The summed E-state index contributed by atoms with van der Waals surface area (Å²) in [6.07, 6.45) is 7.68. The Hall–Kier alpha value is -1.92. The molecule has 0 spiro atoms. The predicted molar refractivity (Wildman–Crippen MR) is 117 cm³/mol. The lowest BCUT2D eigenvalue weighted by Crippen LogP contribution is -2.52. The number of hydrogen-bond donors (Lipinski definition) is 2. The third-order valence-corrected chi connectivity index (χ3v) is 6.82. The fourth-order valence-corrected chi connectivity index (χ4v) is 5.08. The van der Waals surface area contributed by atoms with E-state index >= 15 is 0 Å². The van der Waals surface area contributed by atoms with Gasteiger partial charge in [0.15, 0.2) is 0 Å². The van der Waals surface area contributed by atoms with E-state index in [4.69, 9.17) is 5.73 Å². The molecule has 2 saturated heterocycles. The van der Waals surface area contributed by atoms with Gasteiger partial charge in [-0.1, -0.05) is 19.4 Å². The van der Waals surface area contributed by atoms with E-state index in [9.17, 15) is 4.79 Å². The Morgan fingerprint density at radius 2 is 1.93 bits per heavy atom. The summed E-state index contributed by atoms with van der Waals surface area (Å²) in [5, 5.41) is 8.65. The van der Waals surface area contributed by atoms with Crippen LogP contribution in [-0.4, -0.2) is 64.2 Å². The molecule has 3 heterocycles. The minimum atomic E-state index is -0.476. The van der Waals surface area contributed by atoms with E-state index < -0.39 is 6.04 Å². The van der Waals surface area contributed by atoms with Gasteiger partial charge in [0.1, 0.15) is 0 Å². The van der Waals surface area contributed by atoms with Gasteiger partial charge in [-0.2, -0.15) is 5.10 Å². The summed E-state index contributed by atoms with van der Waals surface area (Å²) >= 11 is 0. The Morgan fingerprint density at radius 3 is 2.62 bits per heavy atom. The first-order valence-corrected chi connectivity index (χ1v) is 11.3. The highest BCUT2D eigenvalue weighted by Gasteiger charge is 2.29. The Kier molecular flexibility index (Phi) is 6.20. The lowest BCUT2D eigenvalue weighted by atomic mass is 9.97. The van der Waals surface area contributed by atoms with Crippen LogP contribution < -0.4 is 5.73 Å². The molecule has 29 heavy (non-hydrogen) atoms. The normalized spacial score (nSPS) is 20.3. The monoisotopic (exact) mass is 397 g/mol. The number of H-pyrrole nitrogens is 1. The first-order valence-electron chi connectivity index (χ1n) is 11.3. The summed E-state index contributed by atoms with van der Waals surface area (Å²) in [6.45, 7) is 8.32. The first-order chi connectivity index (χ1) is 14.1. The van der Waals surface area contributed by atoms with Crippen LogP contribution in [0.4, 0.5) is 0 Å². The molecule has 2 fully saturated rings. The van der Waals surface area contributed by atoms with Crippen molar-refractivity contribution < 1.29 is 4.79 Å². The van der Waals surface area contributed by atoms with Gasteiger partial charge >= 0.3 is 0 Å². The number of piperidine rings is 2. The largest absolute Gasteiger partial charge is 0.341 e. The Morgan fingerprint density at radius 1 is 1.21 bits per heavy atom. The summed E-state index contributed by atoms with van der Waals surface area (Å²) in [5.41, 5.74) is 10.8. The standard InChI is InChI=1S/C23H35N5O/c1-3-18-13-17(14-20-16(2)25-26-22(18)20)15-21(24)23(29)28-11-7-19(8-12-28)27-9-5-4-6-10-27/h13-14,19,21H,3-12,15,24H2,1-2H3,(H,25,26). The van der Waals surface area contributed by atoms with Gasteiger partial charge < -0.3 is 15.5 Å². The molecule has 1 unspecified atom stereocenters. The molecule has 1 aromatic carbocycles. The van der Waals surface area contributed by atoms with Crippen LogP contribution in [-0.2, 0) is 17.6 Å². The van der Waals surface area contributed by atoms with E-state index in [-0.39, 0.29) is 5.91 Å². The van der Waals surface area contributed by atoms with Gasteiger partial charge in [0.05, 0.1) is 11.6 Å². The third-order valence-electron chi connectivity index (χ3n) is 6.82. The quantitative estimate of drug-likeness (QED) is 0.813. The number of hydrogen-bond acceptors (Lipinski definition) is 4. The maximum absolute atomic E-state index is 13.0. The number of aryl methyl sites for hydroxylation is 2. The number of aromatic amines is 1. The molecule has 1 amide bonds. The molecule has 0 bridgehead atoms. The van der Waals surface area contributed by atoms with E-state index in [2.05, 4.69) is 34.2 Å². The zero-order valence-corrected chi connectivity index (χ0v) is 17.9. The molecule has 6 heteroatoms. The average molecular weight is 398 g/mol. The van der Waals surface area contributed by atoms with Crippen LogP contribution in [0, 0.1) is 6.92 Å². The van der Waals surface area contributed by atoms with Crippen LogP contribution in [0.1, 0.15) is 55.8 Å². The topological polar surface area (TPSA) is 78.3 Å². The summed E-state index contributed by atoms with van der Waals surface area (Å²) in [6, 6.07) is 4.48. The number of amides is 1. The summed E-state index contributed by atoms with van der Waals surface area (Å²) in [4.78, 5) is 17.6. The number of carbonyl (C=O) groups excluding carboxylic acids is 1. The van der Waals surface area contributed by atoms with Crippen molar-refractivity contribution in [2.45, 2.75) is 70.9 Å². The van der Waals surface area contributed by atoms with Crippen molar-refractivity contribution in [3.63, 3.8) is 0 Å². The first kappa shape index (κ1) is 20.4. The number of nitrogens with zero attached hydrogens (tertiary/aromatic N) is 3. The van der Waals surface area contributed by atoms with Gasteiger partial charge in [0.25, 0.3) is 0 Å². The van der Waals surface area contributed by atoms with Gasteiger partial charge in [0.2, 0.25) is 5.91 Å². The van der Waals surface area contributed by atoms with E-state index in [0.29, 0.717) is 12.5 Å². The van der Waals surface area contributed by atoms with Crippen LogP contribution in [0.15, 0.2) is 12.1 Å². The van der Waals surface area contributed by atoms with Crippen molar-refractivity contribution in [2.24, 2.45) is 5.73 Å². The highest BCUT2D eigenvalue weighted by molar-refractivity contribution is 5.86. The number of likely N-dealkylation sites (tertiary alicyclic amines) is 2. The molecular weight excluding hydrogens is 362 g/mol. The van der Waals surface area contributed by atoms with Crippen LogP contribution >= 0.6 is 0 Å². The van der Waals surface area contributed by atoms with E-state index in [1.807, 2.05) is 11.8 Å². The van der Waals surface area contributed by atoms with Gasteiger partial charge in [-0.05, 0) is 75.7 Å². The van der Waals surface area contributed by atoms with Crippen molar-refractivity contribution in [1.29, 1.82) is 0 Å². The summed E-state index contributed by atoms with van der Waals surface area (Å²) in [5.74, 6) is 0.101. The van der Waals surface area contributed by atoms with E-state index in [0.717, 1.165) is 54.5 Å². The second-order valence-electron chi connectivity index (χ2n) is 8.82. The van der Waals surface area contributed by atoms with Crippen LogP contribution in [0.2, 0.25) is 0 Å². The molecule has 1 atom stereocenters. The average Bonchev–Trinajstić information content (AvgIpc) is 3.14. The van der Waals surface area contributed by atoms with Crippen LogP contribution in [0.5, 0.6) is 0 Å². The Balaban J connectivity index is 1.37. The molecule has 0 radical (unpaired) electrons. The molecular formula is C23H35N5O. The number of aromatic nitrogens is 2. The maximum atomic E-state index is 13.0. The molecule has 0 saturated carbocycles. The molecule has 2 aliphatic heterocycles. The SMILES string of the molecule is CCc1cc(CC(N)C(=O)N2CCC(N3CCCCC3)CC2)cc2c(C)[nH]nc12.